The first kappa shape index (κ1) is 29.7. The molecule has 0 aromatic heterocycles. The van der Waals surface area contributed by atoms with Crippen LogP contribution in [0.3, 0.4) is 0 Å². The van der Waals surface area contributed by atoms with Crippen LogP contribution in [0.4, 0.5) is 8.78 Å². The number of benzene rings is 2. The first-order chi connectivity index (χ1) is 19.5. The number of rotatable bonds is 8. The van der Waals surface area contributed by atoms with E-state index in [2.05, 4.69) is 4.90 Å². The van der Waals surface area contributed by atoms with Crippen LogP contribution in [-0.2, 0) is 16.1 Å². The van der Waals surface area contributed by atoms with Gasteiger partial charge in [0.2, 0.25) is 0 Å². The Kier molecular flexibility index (Phi) is 8.60. The van der Waals surface area contributed by atoms with Crippen molar-refractivity contribution < 1.29 is 33.0 Å². The third kappa shape index (κ3) is 6.37. The normalized spacial score (nSPS) is 24.4. The Hall–Kier alpha value is -2.75. The van der Waals surface area contributed by atoms with Crippen LogP contribution in [0.5, 0.6) is 5.75 Å². The molecule has 2 aromatic carbocycles. The number of ether oxygens (including phenoxy) is 2. The predicted octanol–water partition coefficient (Wildman–Crippen LogP) is 5.04. The number of esters is 1. The number of amides is 1. The summed E-state index contributed by atoms with van der Waals surface area (Å²) in [4.78, 5) is 29.1. The van der Waals surface area contributed by atoms with Crippen LogP contribution in [0, 0.1) is 18.7 Å². The highest BCUT2D eigenvalue weighted by atomic mass is 35.5. The summed E-state index contributed by atoms with van der Waals surface area (Å²) in [6.45, 7) is 5.08. The summed E-state index contributed by atoms with van der Waals surface area (Å²) < 4.78 is 41.9. The Morgan fingerprint density at radius 1 is 1.17 bits per heavy atom. The molecule has 3 fully saturated rings. The summed E-state index contributed by atoms with van der Waals surface area (Å²) >= 11 is 6.35. The average molecular weight is 591 g/mol. The number of β-amino-alcohol motifs (C(OH)–C–C–N with tert-alkyl or cyclic N) is 1. The molecule has 2 unspecified atom stereocenters. The van der Waals surface area contributed by atoms with Gasteiger partial charge in [-0.25, -0.2) is 13.6 Å². The summed E-state index contributed by atoms with van der Waals surface area (Å²) in [5.74, 6) is -2.39. The number of halogens is 3. The van der Waals surface area contributed by atoms with E-state index in [9.17, 15) is 14.7 Å². The average Bonchev–Trinajstić information content (AvgIpc) is 3.75. The van der Waals surface area contributed by atoms with Crippen molar-refractivity contribution in [2.45, 2.75) is 69.8 Å². The zero-order chi connectivity index (χ0) is 29.5. The van der Waals surface area contributed by atoms with Crippen LogP contribution in [0.1, 0.15) is 65.6 Å². The number of hydrogen-bond donors (Lipinski definition) is 1. The van der Waals surface area contributed by atoms with E-state index in [1.165, 1.54) is 18.1 Å². The maximum atomic E-state index is 15.8. The maximum Gasteiger partial charge on any atom is 0.328 e. The molecule has 1 aliphatic carbocycles. The number of nitrogens with zero attached hydrogens (tertiary/aromatic N) is 2. The highest BCUT2D eigenvalue weighted by Gasteiger charge is 2.46. The molecule has 41 heavy (non-hydrogen) atoms. The van der Waals surface area contributed by atoms with Gasteiger partial charge in [0.15, 0.2) is 0 Å². The molecule has 2 heterocycles. The zero-order valence-corrected chi connectivity index (χ0v) is 24.4. The van der Waals surface area contributed by atoms with Gasteiger partial charge in [0, 0.05) is 43.2 Å². The summed E-state index contributed by atoms with van der Waals surface area (Å²) in [5, 5.41) is 11.0. The number of aliphatic hydroxyl groups excluding tert-OH is 1. The van der Waals surface area contributed by atoms with Gasteiger partial charge in [-0.2, -0.15) is 0 Å². The quantitative estimate of drug-likeness (QED) is 0.434. The monoisotopic (exact) mass is 590 g/mol. The molecule has 7 nitrogen and oxygen atoms in total. The van der Waals surface area contributed by atoms with Gasteiger partial charge in [0.05, 0.1) is 18.8 Å². The molecule has 3 atom stereocenters. The first-order valence-corrected chi connectivity index (χ1v) is 14.6. The number of likely N-dealkylation sites (tertiary alicyclic amines) is 2. The number of piperidine rings is 1. The smallest absolute Gasteiger partial charge is 0.328 e. The number of carbonyl (C=O) groups excluding carboxylic acids is 2. The van der Waals surface area contributed by atoms with Gasteiger partial charge >= 0.3 is 5.97 Å². The van der Waals surface area contributed by atoms with E-state index < -0.39 is 41.4 Å². The molecule has 1 saturated carbocycles. The van der Waals surface area contributed by atoms with Crippen LogP contribution in [0.2, 0.25) is 5.02 Å². The molecule has 0 bridgehead atoms. The fraction of sp³-hybridized carbons (Fsp3) is 0.548. The topological polar surface area (TPSA) is 79.3 Å². The van der Waals surface area contributed by atoms with Crippen molar-refractivity contribution in [3.63, 3.8) is 0 Å². The van der Waals surface area contributed by atoms with Crippen LogP contribution in [0.25, 0.3) is 0 Å². The number of carbonyl (C=O) groups is 2. The second-order valence-electron chi connectivity index (χ2n) is 11.8. The fourth-order valence-corrected chi connectivity index (χ4v) is 6.08. The minimum absolute atomic E-state index is 0.0909. The van der Waals surface area contributed by atoms with Crippen molar-refractivity contribution in [2.75, 3.05) is 33.4 Å². The van der Waals surface area contributed by atoms with Crippen LogP contribution >= 0.6 is 11.6 Å². The van der Waals surface area contributed by atoms with Crippen molar-refractivity contribution in [1.82, 2.24) is 9.80 Å². The lowest BCUT2D eigenvalue weighted by atomic mass is 9.93. The zero-order valence-electron chi connectivity index (χ0n) is 23.7. The number of methoxy groups -OCH3 is 1. The van der Waals surface area contributed by atoms with Gasteiger partial charge in [-0.05, 0) is 61.8 Å². The Labute approximate surface area is 244 Å². The lowest BCUT2D eigenvalue weighted by molar-refractivity contribution is -0.146. The van der Waals surface area contributed by atoms with Gasteiger partial charge < -0.3 is 19.5 Å². The molecule has 2 aliphatic heterocycles. The standard InChI is InChI=1S/C31H37ClF2N2O5/c1-18-4-7-24(32)21(12-18)15-35-10-8-31(34,9-11-35)17-41-27-14-25(33)23(13-22(27)20-5-6-20)29(38)36-16-26(37)19(2)28(36)30(39)40-3/h4,7,12-14,19-20,26,28,37H,5-6,8-11,15-17H2,1-3H3/t19?,26?,28-/m0/s1. The lowest BCUT2D eigenvalue weighted by Gasteiger charge is -2.36. The third-order valence-corrected chi connectivity index (χ3v) is 9.08. The van der Waals surface area contributed by atoms with Gasteiger partial charge in [0.25, 0.3) is 5.91 Å². The Morgan fingerprint density at radius 3 is 2.54 bits per heavy atom. The fourth-order valence-electron chi connectivity index (χ4n) is 5.91. The number of aliphatic hydroxyl groups is 1. The number of hydrogen-bond acceptors (Lipinski definition) is 6. The molecule has 5 rings (SSSR count). The summed E-state index contributed by atoms with van der Waals surface area (Å²) in [6, 6.07) is 7.50. The van der Waals surface area contributed by atoms with Gasteiger partial charge in [-0.15, -0.1) is 0 Å². The van der Waals surface area contributed by atoms with Crippen molar-refractivity contribution >= 4 is 23.5 Å². The number of alkyl halides is 1. The summed E-state index contributed by atoms with van der Waals surface area (Å²) in [7, 11) is 1.21. The Balaban J connectivity index is 1.26. The van der Waals surface area contributed by atoms with E-state index in [0.29, 0.717) is 30.2 Å². The minimum Gasteiger partial charge on any atom is -0.490 e. The largest absolute Gasteiger partial charge is 0.490 e. The molecular formula is C31H37ClF2N2O5. The summed E-state index contributed by atoms with van der Waals surface area (Å²) in [6.07, 6.45) is 1.34. The van der Waals surface area contributed by atoms with E-state index in [1.54, 1.807) is 6.92 Å². The molecule has 0 spiro atoms. The molecular weight excluding hydrogens is 554 g/mol. The lowest BCUT2D eigenvalue weighted by Crippen LogP contribution is -2.44. The highest BCUT2D eigenvalue weighted by Crippen LogP contribution is 2.46. The van der Waals surface area contributed by atoms with Crippen molar-refractivity contribution in [3.05, 3.63) is 63.4 Å². The molecule has 222 valence electrons. The molecule has 3 aliphatic rings. The SMILES string of the molecule is COC(=O)[C@@H]1C(C)C(O)CN1C(=O)c1cc(C2CC2)c(OCC2(F)CCN(Cc3cc(C)ccc3Cl)CC2)cc1F. The van der Waals surface area contributed by atoms with Crippen molar-refractivity contribution in [2.24, 2.45) is 5.92 Å². The van der Waals surface area contributed by atoms with Crippen LogP contribution in [0.15, 0.2) is 30.3 Å². The first-order valence-electron chi connectivity index (χ1n) is 14.2. The third-order valence-electron chi connectivity index (χ3n) is 8.71. The molecule has 2 saturated heterocycles. The van der Waals surface area contributed by atoms with E-state index in [-0.39, 0.29) is 43.2 Å². The molecule has 2 aromatic rings. The van der Waals surface area contributed by atoms with Gasteiger partial charge in [0.1, 0.15) is 29.9 Å². The second kappa shape index (κ2) is 11.9. The van der Waals surface area contributed by atoms with Crippen LogP contribution in [-0.4, -0.2) is 77.9 Å². The highest BCUT2D eigenvalue weighted by molar-refractivity contribution is 6.31. The molecule has 0 radical (unpaired) electrons. The van der Waals surface area contributed by atoms with Gasteiger partial charge in [-0.3, -0.25) is 9.69 Å². The van der Waals surface area contributed by atoms with E-state index in [0.717, 1.165) is 30.0 Å². The van der Waals surface area contributed by atoms with E-state index >= 15 is 8.78 Å². The van der Waals surface area contributed by atoms with Gasteiger partial charge in [-0.1, -0.05) is 36.2 Å². The molecule has 1 amide bonds. The number of aryl methyl sites for hydroxylation is 1. The maximum absolute atomic E-state index is 15.8. The predicted molar refractivity (Wildman–Crippen MR) is 150 cm³/mol. The van der Waals surface area contributed by atoms with E-state index in [1.807, 2.05) is 25.1 Å². The second-order valence-corrected chi connectivity index (χ2v) is 12.2. The van der Waals surface area contributed by atoms with E-state index in [4.69, 9.17) is 21.1 Å². The summed E-state index contributed by atoms with van der Waals surface area (Å²) in [5.41, 5.74) is 1.04. The molecule has 10 heteroatoms. The van der Waals surface area contributed by atoms with Crippen molar-refractivity contribution in [3.8, 4) is 5.75 Å². The van der Waals surface area contributed by atoms with Crippen LogP contribution < -0.4 is 4.74 Å². The Bertz CT molecular complexity index is 1310. The molecule has 1 N–H and O–H groups in total. The minimum atomic E-state index is -1.56. The Morgan fingerprint density at radius 2 is 1.88 bits per heavy atom. The van der Waals surface area contributed by atoms with Crippen molar-refractivity contribution in [1.29, 1.82) is 0 Å².